The zero-order valence-corrected chi connectivity index (χ0v) is 13.8. The van der Waals surface area contributed by atoms with Crippen LogP contribution in [-0.4, -0.2) is 28.3 Å². The Morgan fingerprint density at radius 3 is 1.75 bits per heavy atom. The van der Waals surface area contributed by atoms with Crippen LogP contribution in [0.4, 0.5) is 0 Å². The number of aliphatic hydroxyl groups excluding tert-OH is 1. The molecule has 0 amide bonds. The van der Waals surface area contributed by atoms with Gasteiger partial charge in [0.2, 0.25) is 0 Å². The first-order valence-corrected chi connectivity index (χ1v) is 2.14. The number of rotatable bonds is 3. The summed E-state index contributed by atoms with van der Waals surface area (Å²) in [6.07, 6.45) is -2.72. The zero-order valence-electron chi connectivity index (χ0n) is 6.78. The molecule has 0 rings (SSSR count). The molecule has 0 aliphatic carbocycles. The van der Waals surface area contributed by atoms with Gasteiger partial charge in [0.15, 0.2) is 0 Å². The van der Waals surface area contributed by atoms with E-state index >= 15 is 0 Å². The van der Waals surface area contributed by atoms with E-state index in [0.717, 1.165) is 0 Å². The molecule has 0 fully saturated rings. The molecule has 1 atom stereocenters. The number of halogens is 1. The van der Waals surface area contributed by atoms with Crippen molar-refractivity contribution in [2.24, 2.45) is 0 Å². The average Bonchev–Trinajstić information content (AvgIpc) is 1.63. The number of aliphatic carboxylic acids is 2. The van der Waals surface area contributed by atoms with Crippen molar-refractivity contribution in [2.45, 2.75) is 12.5 Å². The number of carbonyl (C=O) groups is 2. The summed E-state index contributed by atoms with van der Waals surface area (Å²) < 4.78 is 0. The molecule has 0 aliphatic heterocycles. The number of aliphatic hydroxyl groups is 1. The molecule has 0 aromatic heterocycles. The van der Waals surface area contributed by atoms with Crippen molar-refractivity contribution in [1.29, 1.82) is 0 Å². The van der Waals surface area contributed by atoms with Crippen molar-refractivity contribution in [2.75, 3.05) is 0 Å². The Morgan fingerprint density at radius 1 is 1.33 bits per heavy atom. The molecular formula is C4H5ClK2O5. The van der Waals surface area contributed by atoms with Crippen LogP contribution in [0.5, 0.6) is 0 Å². The van der Waals surface area contributed by atoms with E-state index in [-0.39, 0.29) is 115 Å². The Morgan fingerprint density at radius 2 is 1.67 bits per heavy atom. The van der Waals surface area contributed by atoms with Gasteiger partial charge in [-0.15, -0.1) is 0 Å². The van der Waals surface area contributed by atoms with Crippen LogP contribution < -0.4 is 120 Å². The van der Waals surface area contributed by atoms with Crippen LogP contribution >= 0.6 is 0 Å². The summed E-state index contributed by atoms with van der Waals surface area (Å²) >= 11 is 0. The maximum Gasteiger partial charge on any atom is 1.00 e. The minimum absolute atomic E-state index is 0. The number of hydrogen-bond donors (Lipinski definition) is 2. The van der Waals surface area contributed by atoms with Crippen molar-refractivity contribution in [3.05, 3.63) is 0 Å². The molecule has 60 valence electrons. The van der Waals surface area contributed by atoms with Crippen LogP contribution in [0.3, 0.4) is 0 Å². The Labute approximate surface area is 161 Å². The molecular weight excluding hydrogens is 242 g/mol. The van der Waals surface area contributed by atoms with Crippen molar-refractivity contribution in [1.82, 2.24) is 0 Å². The first-order valence-electron chi connectivity index (χ1n) is 2.14. The van der Waals surface area contributed by atoms with Crippen LogP contribution in [0.1, 0.15) is 6.42 Å². The summed E-state index contributed by atoms with van der Waals surface area (Å²) in [5, 5.41) is 25.7. The second-order valence-electron chi connectivity index (χ2n) is 1.43. The van der Waals surface area contributed by atoms with Gasteiger partial charge in [-0.25, -0.2) is 0 Å². The summed E-state index contributed by atoms with van der Waals surface area (Å²) in [5.74, 6) is -3.14. The fraction of sp³-hybridized carbons (Fsp3) is 0.500. The minimum Gasteiger partial charge on any atom is -1.00 e. The van der Waals surface area contributed by atoms with Gasteiger partial charge < -0.3 is 32.5 Å². The molecule has 5 nitrogen and oxygen atoms in total. The van der Waals surface area contributed by atoms with Gasteiger partial charge in [0.25, 0.3) is 0 Å². The van der Waals surface area contributed by atoms with E-state index in [2.05, 4.69) is 0 Å². The van der Waals surface area contributed by atoms with Gasteiger partial charge >= 0.3 is 109 Å². The van der Waals surface area contributed by atoms with E-state index in [1.165, 1.54) is 0 Å². The largest absolute Gasteiger partial charge is 1.00 e. The standard InChI is InChI=1S/C4H6O5.ClH.2K/c5-2(4(8)9)1-3(6)7;;;/h2,5H,1H2,(H,6,7)(H,8,9);1H;;/q;;2*+1/p-2/t2-;;;/m0.../s1. The zero-order chi connectivity index (χ0) is 7.44. The molecule has 0 aromatic carbocycles. The summed E-state index contributed by atoms with van der Waals surface area (Å²) in [7, 11) is 0. The molecule has 8 heteroatoms. The summed E-state index contributed by atoms with van der Waals surface area (Å²) in [5.41, 5.74) is 0. The number of hydrogen-bond acceptors (Lipinski definition) is 4. The minimum atomic E-state index is -1.90. The molecule has 0 bridgehead atoms. The second-order valence-corrected chi connectivity index (χ2v) is 1.43. The normalized spacial score (nSPS) is 9.42. The average molecular weight is 247 g/mol. The van der Waals surface area contributed by atoms with Crippen LogP contribution in [-0.2, 0) is 9.59 Å². The molecule has 2 N–H and O–H groups in total. The van der Waals surface area contributed by atoms with E-state index in [0.29, 0.717) is 0 Å². The van der Waals surface area contributed by atoms with Crippen LogP contribution in [0.2, 0.25) is 0 Å². The third-order valence-corrected chi connectivity index (χ3v) is 0.640. The van der Waals surface area contributed by atoms with E-state index < -0.39 is 24.5 Å². The van der Waals surface area contributed by atoms with Crippen molar-refractivity contribution in [3.63, 3.8) is 0 Å². The van der Waals surface area contributed by atoms with Crippen molar-refractivity contribution < 1.29 is 140 Å². The van der Waals surface area contributed by atoms with Gasteiger partial charge in [-0.05, 0) is 0 Å². The topological polar surface area (TPSA) is 97.7 Å². The molecule has 0 aliphatic rings. The quantitative estimate of drug-likeness (QED) is 0.482. The van der Waals surface area contributed by atoms with E-state index in [1.807, 2.05) is 0 Å². The number of carboxylic acids is 2. The maximum absolute atomic E-state index is 9.66. The van der Waals surface area contributed by atoms with Crippen molar-refractivity contribution >= 4 is 11.9 Å². The smallest absolute Gasteiger partial charge is 1.00 e. The van der Waals surface area contributed by atoms with E-state index in [9.17, 15) is 14.7 Å². The fourth-order valence-electron chi connectivity index (χ4n) is 0.249. The summed E-state index contributed by atoms with van der Waals surface area (Å²) in [6, 6.07) is 0. The summed E-state index contributed by atoms with van der Waals surface area (Å²) in [4.78, 5) is 19.3. The SMILES string of the molecule is O=C(O)C[C@H](O)C(=O)[O-].[Cl-].[K+].[K+]. The van der Waals surface area contributed by atoms with Crippen LogP contribution in [0, 0.1) is 0 Å². The van der Waals surface area contributed by atoms with Gasteiger partial charge in [-0.1, -0.05) is 0 Å². The van der Waals surface area contributed by atoms with Gasteiger partial charge in [0.05, 0.1) is 12.4 Å². The van der Waals surface area contributed by atoms with E-state index in [1.54, 1.807) is 0 Å². The Kier molecular flexibility index (Phi) is 26.9. The molecule has 0 saturated heterocycles. The molecule has 0 unspecified atom stereocenters. The first kappa shape index (κ1) is 23.9. The predicted octanol–water partition coefficient (Wildman–Crippen LogP) is -11.4. The Balaban J connectivity index is -0.000000107. The molecule has 0 aromatic rings. The number of carboxylic acid groups (broad SMARTS) is 2. The second kappa shape index (κ2) is 13.5. The number of carbonyl (C=O) groups excluding carboxylic acids is 1. The summed E-state index contributed by atoms with van der Waals surface area (Å²) in [6.45, 7) is 0. The van der Waals surface area contributed by atoms with Gasteiger partial charge in [0, 0.05) is 0 Å². The third-order valence-electron chi connectivity index (χ3n) is 0.640. The molecule has 0 heterocycles. The predicted molar refractivity (Wildman–Crippen MR) is 23.3 cm³/mol. The molecule has 0 radical (unpaired) electrons. The van der Waals surface area contributed by atoms with Crippen LogP contribution in [0.25, 0.3) is 0 Å². The molecule has 0 spiro atoms. The van der Waals surface area contributed by atoms with Crippen LogP contribution in [0.15, 0.2) is 0 Å². The Bertz CT molecular complexity index is 141. The third kappa shape index (κ3) is 15.0. The molecule has 12 heavy (non-hydrogen) atoms. The maximum atomic E-state index is 9.66. The first-order chi connectivity index (χ1) is 4.04. The van der Waals surface area contributed by atoms with Gasteiger partial charge in [0.1, 0.15) is 6.10 Å². The molecule has 0 saturated carbocycles. The van der Waals surface area contributed by atoms with E-state index in [4.69, 9.17) is 10.2 Å². The van der Waals surface area contributed by atoms with Gasteiger partial charge in [-0.2, -0.15) is 0 Å². The van der Waals surface area contributed by atoms with Crippen molar-refractivity contribution in [3.8, 4) is 0 Å². The monoisotopic (exact) mass is 246 g/mol. The fourth-order valence-corrected chi connectivity index (χ4v) is 0.249. The van der Waals surface area contributed by atoms with Gasteiger partial charge in [-0.3, -0.25) is 4.79 Å². The Hall–Kier alpha value is 2.46.